The van der Waals surface area contributed by atoms with Crippen molar-refractivity contribution in [2.75, 3.05) is 14.2 Å². The zero-order valence-corrected chi connectivity index (χ0v) is 16.5. The number of methoxy groups -OCH3 is 2. The van der Waals surface area contributed by atoms with Crippen molar-refractivity contribution in [3.8, 4) is 23.0 Å². The zero-order chi connectivity index (χ0) is 20.5. The van der Waals surface area contributed by atoms with E-state index in [0.29, 0.717) is 29.2 Å². The normalized spacial score (nSPS) is 10.5. The molecule has 0 bridgehead atoms. The summed E-state index contributed by atoms with van der Waals surface area (Å²) in [7, 11) is 3.21. The SMILES string of the molecule is COc1ccc(Oc2c(/C=C/C(=O)NO)ccc(OC)c2CC=C(C)C)cc1. The first-order valence-electron chi connectivity index (χ1n) is 8.75. The third kappa shape index (κ3) is 5.62. The van der Waals surface area contributed by atoms with Gasteiger partial charge in [-0.15, -0.1) is 0 Å². The molecule has 0 atom stereocenters. The van der Waals surface area contributed by atoms with E-state index in [1.165, 1.54) is 6.08 Å². The number of benzene rings is 2. The summed E-state index contributed by atoms with van der Waals surface area (Å²) in [6.07, 6.45) is 5.49. The van der Waals surface area contributed by atoms with Crippen molar-refractivity contribution in [1.29, 1.82) is 0 Å². The Balaban J connectivity index is 2.54. The van der Waals surface area contributed by atoms with Crippen LogP contribution in [0.5, 0.6) is 23.0 Å². The van der Waals surface area contributed by atoms with Gasteiger partial charge in [0.2, 0.25) is 0 Å². The lowest BCUT2D eigenvalue weighted by Crippen LogP contribution is -2.14. The monoisotopic (exact) mass is 383 g/mol. The number of nitrogens with one attached hydrogen (secondary N) is 1. The van der Waals surface area contributed by atoms with Gasteiger partial charge in [0.1, 0.15) is 23.0 Å². The molecule has 1 amide bonds. The van der Waals surface area contributed by atoms with E-state index in [1.54, 1.807) is 56.1 Å². The van der Waals surface area contributed by atoms with Crippen molar-refractivity contribution < 1.29 is 24.2 Å². The van der Waals surface area contributed by atoms with Crippen molar-refractivity contribution in [1.82, 2.24) is 5.48 Å². The minimum absolute atomic E-state index is 0.573. The Labute approximate surface area is 165 Å². The maximum Gasteiger partial charge on any atom is 0.267 e. The molecule has 0 aromatic heterocycles. The fraction of sp³-hybridized carbons (Fsp3) is 0.227. The quantitative estimate of drug-likeness (QED) is 0.303. The molecule has 0 aliphatic carbocycles. The largest absolute Gasteiger partial charge is 0.497 e. The number of hydroxylamine groups is 1. The summed E-state index contributed by atoms with van der Waals surface area (Å²) in [5, 5.41) is 8.73. The van der Waals surface area contributed by atoms with Crippen molar-refractivity contribution in [3.63, 3.8) is 0 Å². The van der Waals surface area contributed by atoms with E-state index in [4.69, 9.17) is 19.4 Å². The van der Waals surface area contributed by atoms with Crippen LogP contribution in [0.2, 0.25) is 0 Å². The van der Waals surface area contributed by atoms with Gasteiger partial charge in [-0.25, -0.2) is 5.48 Å². The van der Waals surface area contributed by atoms with Crippen LogP contribution in [0.1, 0.15) is 25.0 Å². The molecule has 2 aromatic rings. The van der Waals surface area contributed by atoms with Crippen LogP contribution < -0.4 is 19.7 Å². The highest BCUT2D eigenvalue weighted by atomic mass is 16.5. The van der Waals surface area contributed by atoms with Gasteiger partial charge in [0, 0.05) is 17.2 Å². The number of hydrogen-bond donors (Lipinski definition) is 2. The van der Waals surface area contributed by atoms with Gasteiger partial charge in [-0.3, -0.25) is 10.0 Å². The molecule has 0 saturated carbocycles. The first-order valence-corrected chi connectivity index (χ1v) is 8.75. The van der Waals surface area contributed by atoms with Crippen molar-refractivity contribution >= 4 is 12.0 Å². The molecule has 0 spiro atoms. The Morgan fingerprint density at radius 3 is 2.29 bits per heavy atom. The summed E-state index contributed by atoms with van der Waals surface area (Å²) in [5.41, 5.74) is 4.28. The lowest BCUT2D eigenvalue weighted by atomic mass is 10.0. The van der Waals surface area contributed by atoms with Crippen LogP contribution >= 0.6 is 0 Å². The molecule has 6 heteroatoms. The lowest BCUT2D eigenvalue weighted by Gasteiger charge is -2.17. The average Bonchev–Trinajstić information content (AvgIpc) is 2.71. The van der Waals surface area contributed by atoms with Gasteiger partial charge in [0.25, 0.3) is 5.91 Å². The van der Waals surface area contributed by atoms with Crippen LogP contribution in [0, 0.1) is 0 Å². The van der Waals surface area contributed by atoms with E-state index in [9.17, 15) is 4.79 Å². The standard InChI is InChI=1S/C22H25NO5/c1-15(2)5-12-19-20(27-4)13-6-16(7-14-21(24)23-25)22(19)28-18-10-8-17(26-3)9-11-18/h5-11,13-14,25H,12H2,1-4H3,(H,23,24)/b14-7+. The van der Waals surface area contributed by atoms with Gasteiger partial charge in [-0.2, -0.15) is 0 Å². The van der Waals surface area contributed by atoms with Gasteiger partial charge in [-0.05, 0) is 62.7 Å². The number of allylic oxidation sites excluding steroid dienone is 2. The van der Waals surface area contributed by atoms with Crippen LogP contribution in [0.15, 0.2) is 54.1 Å². The molecule has 0 unspecified atom stereocenters. The van der Waals surface area contributed by atoms with Crippen molar-refractivity contribution in [3.05, 3.63) is 65.3 Å². The Morgan fingerprint density at radius 1 is 1.04 bits per heavy atom. The second-order valence-corrected chi connectivity index (χ2v) is 6.24. The van der Waals surface area contributed by atoms with Gasteiger partial charge < -0.3 is 14.2 Å². The van der Waals surface area contributed by atoms with Crippen LogP contribution in [0.25, 0.3) is 6.08 Å². The number of rotatable bonds is 8. The highest BCUT2D eigenvalue weighted by Crippen LogP contribution is 2.37. The second kappa shape index (κ2) is 10.2. The van der Waals surface area contributed by atoms with Crippen LogP contribution in [-0.4, -0.2) is 25.3 Å². The third-order valence-corrected chi connectivity index (χ3v) is 3.99. The minimum atomic E-state index is -0.628. The summed E-state index contributed by atoms with van der Waals surface area (Å²) in [6.45, 7) is 4.04. The second-order valence-electron chi connectivity index (χ2n) is 6.24. The van der Waals surface area contributed by atoms with E-state index >= 15 is 0 Å². The van der Waals surface area contributed by atoms with E-state index in [1.807, 2.05) is 19.9 Å². The summed E-state index contributed by atoms with van der Waals surface area (Å²) in [6, 6.07) is 10.8. The number of ether oxygens (including phenoxy) is 3. The summed E-state index contributed by atoms with van der Waals surface area (Å²) in [4.78, 5) is 11.4. The van der Waals surface area contributed by atoms with Crippen molar-refractivity contribution in [2.45, 2.75) is 20.3 Å². The molecule has 2 rings (SSSR count). The van der Waals surface area contributed by atoms with E-state index < -0.39 is 5.91 Å². The Morgan fingerprint density at radius 2 is 1.71 bits per heavy atom. The fourth-order valence-electron chi connectivity index (χ4n) is 2.53. The van der Waals surface area contributed by atoms with Crippen LogP contribution in [0.4, 0.5) is 0 Å². The molecule has 2 aromatic carbocycles. The first kappa shape index (κ1) is 21.1. The summed E-state index contributed by atoms with van der Waals surface area (Å²) in [5.74, 6) is 1.97. The molecule has 0 heterocycles. The van der Waals surface area contributed by atoms with Gasteiger partial charge in [-0.1, -0.05) is 11.6 Å². The van der Waals surface area contributed by atoms with E-state index in [0.717, 1.165) is 16.9 Å². The fourth-order valence-corrected chi connectivity index (χ4v) is 2.53. The molecule has 0 radical (unpaired) electrons. The molecule has 0 aliphatic heterocycles. The molecule has 6 nitrogen and oxygen atoms in total. The summed E-state index contributed by atoms with van der Waals surface area (Å²) < 4.78 is 16.9. The van der Waals surface area contributed by atoms with Crippen LogP contribution in [-0.2, 0) is 11.2 Å². The predicted molar refractivity (Wildman–Crippen MR) is 108 cm³/mol. The van der Waals surface area contributed by atoms with Gasteiger partial charge in [0.05, 0.1) is 14.2 Å². The Hall–Kier alpha value is -3.25. The third-order valence-electron chi connectivity index (χ3n) is 3.99. The molecule has 2 N–H and O–H groups in total. The molecule has 0 fully saturated rings. The molecule has 28 heavy (non-hydrogen) atoms. The minimum Gasteiger partial charge on any atom is -0.497 e. The highest BCUT2D eigenvalue weighted by molar-refractivity contribution is 5.91. The number of carbonyl (C=O) groups excluding carboxylic acids is 1. The number of carbonyl (C=O) groups is 1. The Kier molecular flexibility index (Phi) is 7.65. The molecular weight excluding hydrogens is 358 g/mol. The maximum absolute atomic E-state index is 11.4. The molecule has 148 valence electrons. The topological polar surface area (TPSA) is 77.0 Å². The predicted octanol–water partition coefficient (Wildman–Crippen LogP) is 4.52. The molecule has 0 aliphatic rings. The van der Waals surface area contributed by atoms with Crippen LogP contribution in [0.3, 0.4) is 0 Å². The zero-order valence-electron chi connectivity index (χ0n) is 16.5. The first-order chi connectivity index (χ1) is 13.5. The van der Waals surface area contributed by atoms with Gasteiger partial charge in [0.15, 0.2) is 0 Å². The molecule has 0 saturated heterocycles. The Bertz CT molecular complexity index is 865. The van der Waals surface area contributed by atoms with E-state index in [-0.39, 0.29) is 0 Å². The molecular formula is C22H25NO5. The van der Waals surface area contributed by atoms with E-state index in [2.05, 4.69) is 6.08 Å². The average molecular weight is 383 g/mol. The number of amides is 1. The lowest BCUT2D eigenvalue weighted by molar-refractivity contribution is -0.124. The highest BCUT2D eigenvalue weighted by Gasteiger charge is 2.15. The van der Waals surface area contributed by atoms with Crippen molar-refractivity contribution in [2.24, 2.45) is 0 Å². The van der Waals surface area contributed by atoms with Gasteiger partial charge >= 0.3 is 0 Å². The maximum atomic E-state index is 11.4. The smallest absolute Gasteiger partial charge is 0.267 e. The summed E-state index contributed by atoms with van der Waals surface area (Å²) >= 11 is 0. The number of hydrogen-bond acceptors (Lipinski definition) is 5.